The van der Waals surface area contributed by atoms with Gasteiger partial charge in [0.2, 0.25) is 0 Å². The van der Waals surface area contributed by atoms with Crippen molar-refractivity contribution in [2.24, 2.45) is 0 Å². The predicted molar refractivity (Wildman–Crippen MR) is 63.7 cm³/mol. The Labute approximate surface area is 102 Å². The molecule has 2 atom stereocenters. The number of carboxylic acids is 1. The van der Waals surface area contributed by atoms with Gasteiger partial charge < -0.3 is 9.84 Å². The monoisotopic (exact) mass is 254 g/mol. The Bertz CT molecular complexity index is 438. The fraction of sp³-hybridized carbons (Fsp3) is 0.417. The van der Waals surface area contributed by atoms with Crippen LogP contribution in [-0.4, -0.2) is 33.7 Å². The summed E-state index contributed by atoms with van der Waals surface area (Å²) < 4.78 is 17.5. The third-order valence-electron chi connectivity index (χ3n) is 2.72. The summed E-state index contributed by atoms with van der Waals surface area (Å²) in [6.07, 6.45) is 1.89. The first-order valence-electron chi connectivity index (χ1n) is 5.51. The number of hydrogen-bond donors (Lipinski definition) is 1. The number of aromatic carboxylic acids is 1. The van der Waals surface area contributed by atoms with Crippen LogP contribution in [-0.2, 0) is 15.5 Å². The minimum Gasteiger partial charge on any atom is -0.478 e. The maximum Gasteiger partial charge on any atom is 0.336 e. The summed E-state index contributed by atoms with van der Waals surface area (Å²) in [5.74, 6) is -0.661. The number of carbonyl (C=O) groups is 1. The molecule has 2 unspecified atom stereocenters. The lowest BCUT2D eigenvalue weighted by Crippen LogP contribution is -2.17. The smallest absolute Gasteiger partial charge is 0.336 e. The van der Waals surface area contributed by atoms with Crippen molar-refractivity contribution < 1.29 is 18.8 Å². The molecule has 0 bridgehead atoms. The second-order valence-electron chi connectivity index (χ2n) is 3.95. The Kier molecular flexibility index (Phi) is 3.91. The van der Waals surface area contributed by atoms with Gasteiger partial charge in [-0.1, -0.05) is 12.1 Å². The van der Waals surface area contributed by atoms with Gasteiger partial charge in [-0.25, -0.2) is 4.79 Å². The van der Waals surface area contributed by atoms with Crippen LogP contribution in [0.4, 0.5) is 0 Å². The molecule has 0 aromatic heterocycles. The topological polar surface area (TPSA) is 63.6 Å². The first-order chi connectivity index (χ1) is 8.18. The number of hydrogen-bond acceptors (Lipinski definition) is 3. The van der Waals surface area contributed by atoms with Crippen molar-refractivity contribution in [3.63, 3.8) is 0 Å². The summed E-state index contributed by atoms with van der Waals surface area (Å²) >= 11 is 0. The van der Waals surface area contributed by atoms with E-state index in [9.17, 15) is 9.00 Å². The van der Waals surface area contributed by atoms with Crippen molar-refractivity contribution in [1.82, 2.24) is 0 Å². The first kappa shape index (κ1) is 12.3. The minimum atomic E-state index is -1.31. The maximum atomic E-state index is 12.1. The van der Waals surface area contributed by atoms with Gasteiger partial charge in [0, 0.05) is 6.61 Å². The lowest BCUT2D eigenvalue weighted by atomic mass is 10.2. The van der Waals surface area contributed by atoms with E-state index in [0.29, 0.717) is 17.3 Å². The normalized spacial score (nSPS) is 21.3. The Hall–Kier alpha value is -1.20. The molecular formula is C12H14O4S. The van der Waals surface area contributed by atoms with Crippen LogP contribution >= 0.6 is 0 Å². The molecule has 0 amide bonds. The number of carboxylic acid groups (broad SMARTS) is 1. The van der Waals surface area contributed by atoms with Gasteiger partial charge in [-0.05, 0) is 25.0 Å². The number of benzene rings is 1. The van der Waals surface area contributed by atoms with E-state index in [4.69, 9.17) is 9.84 Å². The van der Waals surface area contributed by atoms with Crippen molar-refractivity contribution in [2.45, 2.75) is 23.8 Å². The zero-order valence-corrected chi connectivity index (χ0v) is 10.1. The van der Waals surface area contributed by atoms with E-state index in [0.717, 1.165) is 12.8 Å². The molecular weight excluding hydrogens is 240 g/mol. The van der Waals surface area contributed by atoms with Crippen LogP contribution in [0.5, 0.6) is 0 Å². The van der Waals surface area contributed by atoms with Crippen LogP contribution in [0.15, 0.2) is 29.2 Å². The molecule has 1 N–H and O–H groups in total. The second-order valence-corrected chi connectivity index (χ2v) is 5.41. The lowest BCUT2D eigenvalue weighted by Gasteiger charge is -2.10. The highest BCUT2D eigenvalue weighted by atomic mass is 32.2. The summed E-state index contributed by atoms with van der Waals surface area (Å²) in [7, 11) is -1.31. The van der Waals surface area contributed by atoms with E-state index in [1.165, 1.54) is 6.07 Å². The van der Waals surface area contributed by atoms with Crippen molar-refractivity contribution in [1.29, 1.82) is 0 Å². The summed E-state index contributed by atoms with van der Waals surface area (Å²) in [4.78, 5) is 11.4. The summed E-state index contributed by atoms with van der Waals surface area (Å²) in [5.41, 5.74) is 0.115. The fourth-order valence-electron chi connectivity index (χ4n) is 1.88. The van der Waals surface area contributed by atoms with Gasteiger partial charge in [-0.15, -0.1) is 0 Å². The van der Waals surface area contributed by atoms with Gasteiger partial charge in [0.1, 0.15) is 0 Å². The van der Waals surface area contributed by atoms with Gasteiger partial charge in [0.25, 0.3) is 0 Å². The van der Waals surface area contributed by atoms with Gasteiger partial charge in [-0.2, -0.15) is 0 Å². The average molecular weight is 254 g/mol. The van der Waals surface area contributed by atoms with Crippen molar-refractivity contribution in [3.8, 4) is 0 Å². The fourth-order valence-corrected chi connectivity index (χ4v) is 3.29. The van der Waals surface area contributed by atoms with Gasteiger partial charge >= 0.3 is 5.97 Å². The highest BCUT2D eigenvalue weighted by Gasteiger charge is 2.21. The lowest BCUT2D eigenvalue weighted by molar-refractivity contribution is 0.0692. The van der Waals surface area contributed by atoms with E-state index in [2.05, 4.69) is 0 Å². The van der Waals surface area contributed by atoms with E-state index in [1.807, 2.05) is 0 Å². The third kappa shape index (κ3) is 2.92. The Balaban J connectivity index is 2.15. The van der Waals surface area contributed by atoms with Crippen molar-refractivity contribution in [3.05, 3.63) is 29.8 Å². The Morgan fingerprint density at radius 2 is 2.24 bits per heavy atom. The molecule has 0 aliphatic carbocycles. The molecule has 5 heteroatoms. The van der Waals surface area contributed by atoms with Crippen LogP contribution < -0.4 is 0 Å². The minimum absolute atomic E-state index is 0.00214. The molecule has 92 valence electrons. The summed E-state index contributed by atoms with van der Waals surface area (Å²) in [6, 6.07) is 6.42. The molecule has 4 nitrogen and oxygen atoms in total. The van der Waals surface area contributed by atoms with E-state index >= 15 is 0 Å². The average Bonchev–Trinajstić information content (AvgIpc) is 2.81. The molecule has 0 saturated carbocycles. The molecule has 17 heavy (non-hydrogen) atoms. The molecule has 1 saturated heterocycles. The molecule has 0 spiro atoms. The summed E-state index contributed by atoms with van der Waals surface area (Å²) in [6.45, 7) is 0.711. The molecule has 1 aliphatic heterocycles. The Morgan fingerprint density at radius 1 is 1.47 bits per heavy atom. The summed E-state index contributed by atoms with van der Waals surface area (Å²) in [5, 5.41) is 9.01. The van der Waals surface area contributed by atoms with Crippen LogP contribution in [0.2, 0.25) is 0 Å². The number of rotatable bonds is 4. The van der Waals surface area contributed by atoms with Crippen molar-refractivity contribution in [2.75, 3.05) is 12.4 Å². The van der Waals surface area contributed by atoms with Gasteiger partial charge in [-0.3, -0.25) is 4.21 Å². The number of ether oxygens (including phenoxy) is 1. The third-order valence-corrected chi connectivity index (χ3v) is 4.25. The predicted octanol–water partition coefficient (Wildman–Crippen LogP) is 1.67. The van der Waals surface area contributed by atoms with Crippen LogP contribution in [0.25, 0.3) is 0 Å². The van der Waals surface area contributed by atoms with E-state index in [-0.39, 0.29) is 11.7 Å². The van der Waals surface area contributed by atoms with E-state index in [1.54, 1.807) is 18.2 Å². The maximum absolute atomic E-state index is 12.1. The standard InChI is InChI=1S/C12H14O4S/c13-12(14)10-5-1-2-6-11(10)17(15)8-9-4-3-7-16-9/h1-2,5-6,9H,3-4,7-8H2,(H,13,14). The van der Waals surface area contributed by atoms with Crippen LogP contribution in [0.1, 0.15) is 23.2 Å². The quantitative estimate of drug-likeness (QED) is 0.887. The van der Waals surface area contributed by atoms with Crippen LogP contribution in [0, 0.1) is 0 Å². The highest BCUT2D eigenvalue weighted by molar-refractivity contribution is 7.85. The molecule has 0 radical (unpaired) electrons. The Morgan fingerprint density at radius 3 is 2.88 bits per heavy atom. The van der Waals surface area contributed by atoms with Crippen LogP contribution in [0.3, 0.4) is 0 Å². The van der Waals surface area contributed by atoms with E-state index < -0.39 is 16.8 Å². The zero-order valence-electron chi connectivity index (χ0n) is 9.30. The molecule has 1 aliphatic rings. The molecule has 1 fully saturated rings. The first-order valence-corrected chi connectivity index (χ1v) is 6.82. The molecule has 1 aromatic rings. The largest absolute Gasteiger partial charge is 0.478 e. The molecule has 1 heterocycles. The highest BCUT2D eigenvalue weighted by Crippen LogP contribution is 2.19. The van der Waals surface area contributed by atoms with Crippen molar-refractivity contribution >= 4 is 16.8 Å². The zero-order chi connectivity index (χ0) is 12.3. The molecule has 1 aromatic carbocycles. The second kappa shape index (κ2) is 5.42. The van der Waals surface area contributed by atoms with Gasteiger partial charge in [0.05, 0.1) is 33.1 Å². The van der Waals surface area contributed by atoms with Gasteiger partial charge in [0.15, 0.2) is 0 Å². The molecule has 2 rings (SSSR count). The SMILES string of the molecule is O=C(O)c1ccccc1S(=O)CC1CCCO1.